The van der Waals surface area contributed by atoms with Gasteiger partial charge in [0.2, 0.25) is 0 Å². The summed E-state index contributed by atoms with van der Waals surface area (Å²) in [5, 5.41) is 0. The van der Waals surface area contributed by atoms with Crippen LogP contribution in [0.5, 0.6) is 0 Å². The number of anilines is 1. The fourth-order valence-electron chi connectivity index (χ4n) is 2.23. The minimum Gasteiger partial charge on any atom is -0.389 e. The fraction of sp³-hybridized carbons (Fsp3) is 0.462. The van der Waals surface area contributed by atoms with Crippen LogP contribution < -0.4 is 10.6 Å². The Morgan fingerprint density at radius 2 is 2.06 bits per heavy atom. The number of benzene rings is 1. The average Bonchev–Trinajstić information content (AvgIpc) is 2.32. The van der Waals surface area contributed by atoms with E-state index >= 15 is 0 Å². The normalized spacial score (nSPS) is 21.5. The van der Waals surface area contributed by atoms with E-state index in [0.29, 0.717) is 11.0 Å². The van der Waals surface area contributed by atoms with Gasteiger partial charge in [0, 0.05) is 36.9 Å². The van der Waals surface area contributed by atoms with Crippen molar-refractivity contribution in [3.8, 4) is 0 Å². The van der Waals surface area contributed by atoms with Gasteiger partial charge in [-0.15, -0.1) is 0 Å². The number of rotatable bonds is 2. The molecule has 0 amide bonds. The molecule has 0 aromatic heterocycles. The Labute approximate surface area is 108 Å². The molecule has 1 saturated heterocycles. The first-order valence-electron chi connectivity index (χ1n) is 5.93. The second-order valence-corrected chi connectivity index (χ2v) is 5.10. The Bertz CT molecular complexity index is 419. The standard InChI is InChI=1S/C13H19N3S/c1-10-9-16(8-7-15(10)2)12-6-4-3-5-11(12)13(14)17/h3-6,10H,7-9H2,1-2H3,(H2,14,17). The highest BCUT2D eigenvalue weighted by Crippen LogP contribution is 2.23. The topological polar surface area (TPSA) is 32.5 Å². The first-order chi connectivity index (χ1) is 8.09. The van der Waals surface area contributed by atoms with E-state index < -0.39 is 0 Å². The van der Waals surface area contributed by atoms with Crippen molar-refractivity contribution < 1.29 is 0 Å². The van der Waals surface area contributed by atoms with E-state index in [9.17, 15) is 0 Å². The predicted molar refractivity (Wildman–Crippen MR) is 76.6 cm³/mol. The predicted octanol–water partition coefficient (Wildman–Crippen LogP) is 1.46. The zero-order chi connectivity index (χ0) is 12.4. The molecule has 1 aromatic carbocycles. The minimum absolute atomic E-state index is 0.479. The number of nitrogens with zero attached hydrogens (tertiary/aromatic N) is 2. The maximum atomic E-state index is 5.78. The zero-order valence-electron chi connectivity index (χ0n) is 10.4. The molecule has 0 saturated carbocycles. The lowest BCUT2D eigenvalue weighted by Crippen LogP contribution is -2.50. The van der Waals surface area contributed by atoms with Crippen molar-refractivity contribution >= 4 is 22.9 Å². The van der Waals surface area contributed by atoms with Crippen LogP contribution in [0.4, 0.5) is 5.69 Å². The number of piperazine rings is 1. The van der Waals surface area contributed by atoms with Crippen LogP contribution in [0.1, 0.15) is 12.5 Å². The van der Waals surface area contributed by atoms with Crippen molar-refractivity contribution in [1.29, 1.82) is 0 Å². The van der Waals surface area contributed by atoms with Gasteiger partial charge in [-0.25, -0.2) is 0 Å². The highest BCUT2D eigenvalue weighted by Gasteiger charge is 2.22. The van der Waals surface area contributed by atoms with Crippen molar-refractivity contribution in [2.45, 2.75) is 13.0 Å². The number of nitrogens with two attached hydrogens (primary N) is 1. The van der Waals surface area contributed by atoms with Gasteiger partial charge in [0.25, 0.3) is 0 Å². The summed E-state index contributed by atoms with van der Waals surface area (Å²) in [7, 11) is 2.17. The Kier molecular flexibility index (Phi) is 3.64. The molecular weight excluding hydrogens is 230 g/mol. The number of para-hydroxylation sites is 1. The molecule has 1 heterocycles. The number of thiocarbonyl (C=S) groups is 1. The molecule has 4 heteroatoms. The van der Waals surface area contributed by atoms with Crippen LogP contribution in [-0.4, -0.2) is 42.6 Å². The van der Waals surface area contributed by atoms with E-state index in [0.717, 1.165) is 25.2 Å². The molecule has 1 unspecified atom stereocenters. The van der Waals surface area contributed by atoms with Crippen molar-refractivity contribution in [3.05, 3.63) is 29.8 Å². The third-order valence-corrected chi connectivity index (χ3v) is 3.69. The monoisotopic (exact) mass is 249 g/mol. The van der Waals surface area contributed by atoms with Crippen molar-refractivity contribution in [1.82, 2.24) is 4.90 Å². The van der Waals surface area contributed by atoms with Crippen molar-refractivity contribution in [3.63, 3.8) is 0 Å². The highest BCUT2D eigenvalue weighted by molar-refractivity contribution is 7.80. The van der Waals surface area contributed by atoms with Gasteiger partial charge in [-0.05, 0) is 26.1 Å². The van der Waals surface area contributed by atoms with Gasteiger partial charge < -0.3 is 15.5 Å². The van der Waals surface area contributed by atoms with E-state index in [4.69, 9.17) is 18.0 Å². The highest BCUT2D eigenvalue weighted by atomic mass is 32.1. The third-order valence-electron chi connectivity index (χ3n) is 3.47. The van der Waals surface area contributed by atoms with E-state index in [1.54, 1.807) is 0 Å². The molecule has 1 aliphatic rings. The Balaban J connectivity index is 2.25. The van der Waals surface area contributed by atoms with Crippen molar-refractivity contribution in [2.75, 3.05) is 31.6 Å². The van der Waals surface area contributed by atoms with Crippen LogP contribution in [0, 0.1) is 0 Å². The molecule has 0 bridgehead atoms. The lowest BCUT2D eigenvalue weighted by Gasteiger charge is -2.39. The summed E-state index contributed by atoms with van der Waals surface area (Å²) in [5.74, 6) is 0. The molecule has 17 heavy (non-hydrogen) atoms. The molecule has 1 fully saturated rings. The molecule has 92 valence electrons. The van der Waals surface area contributed by atoms with Crippen LogP contribution in [0.3, 0.4) is 0 Å². The molecule has 2 N–H and O–H groups in total. The SMILES string of the molecule is CC1CN(c2ccccc2C(N)=S)CCN1C. The maximum absolute atomic E-state index is 5.78. The first-order valence-corrected chi connectivity index (χ1v) is 6.34. The van der Waals surface area contributed by atoms with Gasteiger partial charge in [0.15, 0.2) is 0 Å². The summed E-state index contributed by atoms with van der Waals surface area (Å²) >= 11 is 5.11. The van der Waals surface area contributed by atoms with E-state index in [2.05, 4.69) is 29.8 Å². The molecule has 1 aromatic rings. The molecule has 0 aliphatic carbocycles. The van der Waals surface area contributed by atoms with Crippen molar-refractivity contribution in [2.24, 2.45) is 5.73 Å². The Morgan fingerprint density at radius 3 is 2.71 bits per heavy atom. The van der Waals surface area contributed by atoms with E-state index in [-0.39, 0.29) is 0 Å². The van der Waals surface area contributed by atoms with Crippen LogP contribution in [-0.2, 0) is 0 Å². The van der Waals surface area contributed by atoms with Gasteiger partial charge in [-0.1, -0.05) is 24.4 Å². The maximum Gasteiger partial charge on any atom is 0.106 e. The van der Waals surface area contributed by atoms with E-state index in [1.807, 2.05) is 18.2 Å². The number of hydrogen-bond acceptors (Lipinski definition) is 3. The Morgan fingerprint density at radius 1 is 1.35 bits per heavy atom. The molecular formula is C13H19N3S. The van der Waals surface area contributed by atoms with Gasteiger partial charge >= 0.3 is 0 Å². The van der Waals surface area contributed by atoms with Crippen LogP contribution in [0.25, 0.3) is 0 Å². The molecule has 3 nitrogen and oxygen atoms in total. The zero-order valence-corrected chi connectivity index (χ0v) is 11.2. The van der Waals surface area contributed by atoms with Gasteiger partial charge in [0.05, 0.1) is 0 Å². The lowest BCUT2D eigenvalue weighted by molar-refractivity contribution is 0.234. The minimum atomic E-state index is 0.479. The summed E-state index contributed by atoms with van der Waals surface area (Å²) in [6, 6.07) is 8.69. The van der Waals surface area contributed by atoms with Gasteiger partial charge in [0.1, 0.15) is 4.99 Å². The Hall–Kier alpha value is -1.13. The van der Waals surface area contributed by atoms with E-state index in [1.165, 1.54) is 5.69 Å². The molecule has 1 atom stereocenters. The lowest BCUT2D eigenvalue weighted by atomic mass is 10.1. The van der Waals surface area contributed by atoms with Gasteiger partial charge in [-0.2, -0.15) is 0 Å². The summed E-state index contributed by atoms with van der Waals surface area (Å²) in [4.78, 5) is 5.23. The summed E-state index contributed by atoms with van der Waals surface area (Å²) in [6.07, 6.45) is 0. The smallest absolute Gasteiger partial charge is 0.106 e. The quantitative estimate of drug-likeness (QED) is 0.804. The molecule has 1 aliphatic heterocycles. The van der Waals surface area contributed by atoms with Crippen LogP contribution in [0.2, 0.25) is 0 Å². The first kappa shape index (κ1) is 12.3. The second-order valence-electron chi connectivity index (χ2n) is 4.66. The van der Waals surface area contributed by atoms with Crippen LogP contribution in [0.15, 0.2) is 24.3 Å². The summed E-state index contributed by atoms with van der Waals surface area (Å²) < 4.78 is 0. The third kappa shape index (κ3) is 2.58. The number of likely N-dealkylation sites (N-methyl/N-ethyl adjacent to an activating group) is 1. The summed E-state index contributed by atoms with van der Waals surface area (Å²) in [5.41, 5.74) is 7.93. The average molecular weight is 249 g/mol. The second kappa shape index (κ2) is 5.02. The largest absolute Gasteiger partial charge is 0.389 e. The summed E-state index contributed by atoms with van der Waals surface area (Å²) in [6.45, 7) is 5.37. The van der Waals surface area contributed by atoms with Crippen LogP contribution >= 0.6 is 12.2 Å². The molecule has 0 radical (unpaired) electrons. The molecule has 2 rings (SSSR count). The fourth-order valence-corrected chi connectivity index (χ4v) is 2.40. The molecule has 0 spiro atoms. The van der Waals surface area contributed by atoms with Gasteiger partial charge in [-0.3, -0.25) is 0 Å². The number of hydrogen-bond donors (Lipinski definition) is 1.